The summed E-state index contributed by atoms with van der Waals surface area (Å²) in [7, 11) is 0. The van der Waals surface area contributed by atoms with Gasteiger partial charge in [-0.15, -0.1) is 0 Å². The molecule has 4 aromatic rings. The van der Waals surface area contributed by atoms with Crippen LogP contribution < -0.4 is 9.61 Å². The minimum atomic E-state index is -0.280. The number of hydrogen-bond donors (Lipinski definition) is 1. The zero-order valence-electron chi connectivity index (χ0n) is 16.3. The van der Waals surface area contributed by atoms with Crippen LogP contribution in [0, 0.1) is 0 Å². The Labute approximate surface area is 178 Å². The van der Waals surface area contributed by atoms with Crippen LogP contribution in [-0.2, 0) is 6.42 Å². The third-order valence-corrected chi connectivity index (χ3v) is 5.69. The fraction of sp³-hybridized carbons (Fsp3) is 0.167. The SMILES string of the molecule is O=c1scc(O)n1C(CCc1cccnc1)COc1ccc(-c2ccccc2)cc1. The summed E-state index contributed by atoms with van der Waals surface area (Å²) in [4.78, 5) is 16.2. The summed E-state index contributed by atoms with van der Waals surface area (Å²) in [6.07, 6.45) is 4.93. The fourth-order valence-electron chi connectivity index (χ4n) is 3.38. The van der Waals surface area contributed by atoms with Crippen LogP contribution in [0.1, 0.15) is 18.0 Å². The summed E-state index contributed by atoms with van der Waals surface area (Å²) >= 11 is 0.992. The van der Waals surface area contributed by atoms with Crippen molar-refractivity contribution in [1.82, 2.24) is 9.55 Å². The third-order valence-electron chi connectivity index (χ3n) is 4.97. The molecule has 0 saturated carbocycles. The molecule has 30 heavy (non-hydrogen) atoms. The maximum atomic E-state index is 12.3. The molecule has 2 aromatic carbocycles. The molecule has 1 N–H and O–H groups in total. The van der Waals surface area contributed by atoms with Gasteiger partial charge in [-0.3, -0.25) is 14.3 Å². The molecule has 1 atom stereocenters. The van der Waals surface area contributed by atoms with Gasteiger partial charge >= 0.3 is 4.87 Å². The van der Waals surface area contributed by atoms with E-state index >= 15 is 0 Å². The second-order valence-electron chi connectivity index (χ2n) is 6.98. The van der Waals surface area contributed by atoms with Crippen LogP contribution in [-0.4, -0.2) is 21.3 Å². The van der Waals surface area contributed by atoms with Crippen molar-refractivity contribution in [3.8, 4) is 22.8 Å². The largest absolute Gasteiger partial charge is 0.494 e. The molecule has 2 heterocycles. The number of benzene rings is 2. The summed E-state index contributed by atoms with van der Waals surface area (Å²) < 4.78 is 7.42. The van der Waals surface area contributed by atoms with Crippen molar-refractivity contribution in [3.63, 3.8) is 0 Å². The third kappa shape index (κ3) is 4.78. The number of thiazole rings is 1. The Bertz CT molecular complexity index is 1120. The molecule has 0 aliphatic carbocycles. The number of aryl methyl sites for hydroxylation is 1. The second kappa shape index (κ2) is 9.41. The Balaban J connectivity index is 1.47. The van der Waals surface area contributed by atoms with E-state index in [-0.39, 0.29) is 23.4 Å². The van der Waals surface area contributed by atoms with E-state index in [0.717, 1.165) is 40.2 Å². The molecule has 152 valence electrons. The monoisotopic (exact) mass is 418 g/mol. The summed E-state index contributed by atoms with van der Waals surface area (Å²) in [6.45, 7) is 0.287. The quantitative estimate of drug-likeness (QED) is 0.441. The van der Waals surface area contributed by atoms with Crippen LogP contribution in [0.25, 0.3) is 11.1 Å². The molecule has 0 aliphatic heterocycles. The van der Waals surface area contributed by atoms with Gasteiger partial charge in [0.1, 0.15) is 12.4 Å². The lowest BCUT2D eigenvalue weighted by molar-refractivity contribution is 0.228. The lowest BCUT2D eigenvalue weighted by atomic mass is 10.1. The Morgan fingerprint density at radius 3 is 2.43 bits per heavy atom. The average molecular weight is 419 g/mol. The summed E-state index contributed by atoms with van der Waals surface area (Å²) in [6, 6.07) is 21.7. The highest BCUT2D eigenvalue weighted by Crippen LogP contribution is 2.25. The zero-order chi connectivity index (χ0) is 20.8. The second-order valence-corrected chi connectivity index (χ2v) is 7.81. The molecule has 0 spiro atoms. The van der Waals surface area contributed by atoms with Crippen LogP contribution in [0.15, 0.2) is 89.3 Å². The van der Waals surface area contributed by atoms with Gasteiger partial charge in [0.05, 0.1) is 11.4 Å². The van der Waals surface area contributed by atoms with Crippen molar-refractivity contribution in [3.05, 3.63) is 99.7 Å². The first-order chi connectivity index (χ1) is 14.7. The minimum absolute atomic E-state index is 0.0239. The van der Waals surface area contributed by atoms with Crippen molar-refractivity contribution < 1.29 is 9.84 Å². The van der Waals surface area contributed by atoms with Gasteiger partial charge in [-0.2, -0.15) is 0 Å². The van der Waals surface area contributed by atoms with Gasteiger partial charge in [0.15, 0.2) is 0 Å². The van der Waals surface area contributed by atoms with E-state index in [1.54, 1.807) is 6.20 Å². The van der Waals surface area contributed by atoms with E-state index in [9.17, 15) is 9.90 Å². The number of rotatable bonds is 8. The summed E-state index contributed by atoms with van der Waals surface area (Å²) in [5, 5.41) is 11.6. The van der Waals surface area contributed by atoms with Crippen molar-refractivity contribution in [2.75, 3.05) is 6.61 Å². The first-order valence-corrected chi connectivity index (χ1v) is 10.6. The lowest BCUT2D eigenvalue weighted by Crippen LogP contribution is -2.25. The van der Waals surface area contributed by atoms with E-state index < -0.39 is 0 Å². The molecule has 0 bridgehead atoms. The predicted octanol–water partition coefficient (Wildman–Crippen LogP) is 4.93. The van der Waals surface area contributed by atoms with E-state index in [1.165, 1.54) is 9.95 Å². The Hall–Kier alpha value is -3.38. The van der Waals surface area contributed by atoms with Crippen LogP contribution in [0.3, 0.4) is 0 Å². The number of pyridine rings is 1. The average Bonchev–Trinajstić information content (AvgIpc) is 3.13. The molecule has 5 nitrogen and oxygen atoms in total. The molecule has 0 radical (unpaired) electrons. The predicted molar refractivity (Wildman–Crippen MR) is 119 cm³/mol. The lowest BCUT2D eigenvalue weighted by Gasteiger charge is -2.19. The Morgan fingerprint density at radius 2 is 1.77 bits per heavy atom. The van der Waals surface area contributed by atoms with Gasteiger partial charge in [-0.05, 0) is 47.7 Å². The van der Waals surface area contributed by atoms with Gasteiger partial charge in [-0.1, -0.05) is 59.9 Å². The van der Waals surface area contributed by atoms with Crippen molar-refractivity contribution in [2.24, 2.45) is 0 Å². The fourth-order valence-corrected chi connectivity index (χ4v) is 4.06. The molecule has 4 rings (SSSR count). The number of ether oxygens (including phenoxy) is 1. The number of hydrogen-bond acceptors (Lipinski definition) is 5. The minimum Gasteiger partial charge on any atom is -0.494 e. The van der Waals surface area contributed by atoms with Gasteiger partial charge < -0.3 is 9.84 Å². The first kappa shape index (κ1) is 19.9. The standard InChI is InChI=1S/C24H22N2O3S/c27-23-17-30-24(28)26(23)21(11-8-18-5-4-14-25-15-18)16-29-22-12-9-20(10-13-22)19-6-2-1-3-7-19/h1-7,9-10,12-15,17,21,27H,8,11,16H2. The molecular weight excluding hydrogens is 396 g/mol. The topological polar surface area (TPSA) is 64.3 Å². The zero-order valence-corrected chi connectivity index (χ0v) is 17.2. The maximum absolute atomic E-state index is 12.3. The van der Waals surface area contributed by atoms with Crippen molar-refractivity contribution in [2.45, 2.75) is 18.9 Å². The molecule has 0 amide bonds. The van der Waals surface area contributed by atoms with E-state index in [1.807, 2.05) is 60.8 Å². The van der Waals surface area contributed by atoms with Crippen molar-refractivity contribution in [1.29, 1.82) is 0 Å². The summed E-state index contributed by atoms with van der Waals surface area (Å²) in [5.41, 5.74) is 3.34. The number of aromatic hydroxyl groups is 1. The van der Waals surface area contributed by atoms with Gasteiger partial charge in [-0.25, -0.2) is 0 Å². The van der Waals surface area contributed by atoms with E-state index in [2.05, 4.69) is 17.1 Å². The van der Waals surface area contributed by atoms with Crippen LogP contribution in [0.5, 0.6) is 11.6 Å². The molecule has 0 saturated heterocycles. The van der Waals surface area contributed by atoms with Crippen molar-refractivity contribution >= 4 is 11.3 Å². The number of aromatic nitrogens is 2. The van der Waals surface area contributed by atoms with E-state index in [4.69, 9.17) is 4.74 Å². The van der Waals surface area contributed by atoms with Crippen LogP contribution >= 0.6 is 11.3 Å². The highest BCUT2D eigenvalue weighted by Gasteiger charge is 2.18. The Morgan fingerprint density at radius 1 is 1.00 bits per heavy atom. The van der Waals surface area contributed by atoms with Gasteiger partial charge in [0.25, 0.3) is 0 Å². The first-order valence-electron chi connectivity index (χ1n) is 9.77. The van der Waals surface area contributed by atoms with E-state index in [0.29, 0.717) is 6.42 Å². The smallest absolute Gasteiger partial charge is 0.310 e. The van der Waals surface area contributed by atoms with Crippen LogP contribution in [0.2, 0.25) is 0 Å². The number of nitrogens with zero attached hydrogens (tertiary/aromatic N) is 2. The highest BCUT2D eigenvalue weighted by molar-refractivity contribution is 7.07. The molecule has 2 aromatic heterocycles. The molecule has 0 fully saturated rings. The highest BCUT2D eigenvalue weighted by atomic mass is 32.1. The molecular formula is C24H22N2O3S. The van der Waals surface area contributed by atoms with Gasteiger partial charge in [0.2, 0.25) is 5.88 Å². The van der Waals surface area contributed by atoms with Crippen LogP contribution in [0.4, 0.5) is 0 Å². The maximum Gasteiger partial charge on any atom is 0.310 e. The molecule has 0 aliphatic rings. The normalized spacial score (nSPS) is 11.9. The summed E-state index contributed by atoms with van der Waals surface area (Å²) in [5.74, 6) is 0.702. The van der Waals surface area contributed by atoms with Gasteiger partial charge in [0, 0.05) is 12.4 Å². The molecule has 6 heteroatoms. The molecule has 1 unspecified atom stereocenters. The Kier molecular flexibility index (Phi) is 6.25.